The van der Waals surface area contributed by atoms with Crippen LogP contribution in [0.15, 0.2) is 12.2 Å². The summed E-state index contributed by atoms with van der Waals surface area (Å²) in [6.07, 6.45) is -0.857. The van der Waals surface area contributed by atoms with Gasteiger partial charge in [0.15, 0.2) is 0 Å². The lowest BCUT2D eigenvalue weighted by Crippen LogP contribution is -1.81. The zero-order chi connectivity index (χ0) is 13.6. The van der Waals surface area contributed by atoms with E-state index in [0.717, 1.165) is 0 Å². The fourth-order valence-corrected chi connectivity index (χ4v) is 0.367. The largest absolute Gasteiger partial charge is 0.508 e. The molecule has 0 bridgehead atoms. The van der Waals surface area contributed by atoms with Gasteiger partial charge in [-0.2, -0.15) is 0 Å². The highest BCUT2D eigenvalue weighted by atomic mass is 16.3. The van der Waals surface area contributed by atoms with Gasteiger partial charge in [-0.1, -0.05) is 0 Å². The van der Waals surface area contributed by atoms with Gasteiger partial charge in [-0.25, -0.2) is 0 Å². The van der Waals surface area contributed by atoms with Gasteiger partial charge in [0.25, 0.3) is 0 Å². The minimum Gasteiger partial charge on any atom is -0.508 e. The summed E-state index contributed by atoms with van der Waals surface area (Å²) in [7, 11) is 0. The third kappa shape index (κ3) is 1.19. The minimum absolute atomic E-state index is 0.784. The molecule has 0 radical (unpaired) electrons. The van der Waals surface area contributed by atoms with E-state index in [1.165, 1.54) is 0 Å². The number of hydrogen-bond acceptors (Lipinski definition) is 2. The Labute approximate surface area is 65.4 Å². The summed E-state index contributed by atoms with van der Waals surface area (Å²) in [6.45, 7) is -5.60. The van der Waals surface area contributed by atoms with Crippen molar-refractivity contribution in [3.8, 4) is 5.75 Å². The molecule has 0 aliphatic heterocycles. The third-order valence-electron chi connectivity index (χ3n) is 0.753. The van der Waals surface area contributed by atoms with Crippen LogP contribution in [-0.4, -0.2) is 10.1 Å². The molecule has 2 nitrogen and oxygen atoms in total. The van der Waals surface area contributed by atoms with Gasteiger partial charge in [0.05, 0.1) is 2.74 Å². The molecule has 2 heteroatoms. The van der Waals surface area contributed by atoms with E-state index in [1.54, 1.807) is 0 Å². The first-order valence-electron chi connectivity index (χ1n) is 6.17. The number of aromatic hydroxyl groups is 1. The van der Waals surface area contributed by atoms with Crippen molar-refractivity contribution in [2.75, 3.05) is 0 Å². The fourth-order valence-electron chi connectivity index (χ4n) is 0.367. The summed E-state index contributed by atoms with van der Waals surface area (Å²) >= 11 is 0. The van der Waals surface area contributed by atoms with Crippen molar-refractivity contribution in [3.05, 3.63) is 23.5 Å². The number of aryl methyl sites for hydroxylation is 1. The quantitative estimate of drug-likeness (QED) is 0.577. The van der Waals surface area contributed by atoms with Gasteiger partial charge >= 0.3 is 0 Å². The van der Waals surface area contributed by atoms with Gasteiger partial charge in [0.1, 0.15) is 5.75 Å². The Balaban J connectivity index is 3.60. The number of pyridine rings is 1. The summed E-state index contributed by atoms with van der Waals surface area (Å²) in [5.41, 5.74) is -1.59. The Morgan fingerprint density at radius 1 is 1.78 bits per heavy atom. The lowest BCUT2D eigenvalue weighted by atomic mass is 10.2. The highest BCUT2D eigenvalue weighted by Gasteiger charge is 1.93. The summed E-state index contributed by atoms with van der Waals surface area (Å²) in [5, 5.41) is 9.50. The Hall–Kier alpha value is -1.05. The van der Waals surface area contributed by atoms with Crippen LogP contribution in [0.1, 0.15) is 22.2 Å². The molecular formula is C7H9NO. The first kappa shape index (κ1) is 1.51. The van der Waals surface area contributed by atoms with E-state index in [9.17, 15) is 5.11 Å². The third-order valence-corrected chi connectivity index (χ3v) is 0.753. The molecule has 1 rings (SSSR count). The van der Waals surface area contributed by atoms with Crippen LogP contribution >= 0.6 is 0 Å². The van der Waals surface area contributed by atoms with Gasteiger partial charge in [0.2, 0.25) is 0 Å². The number of nitrogens with zero attached hydrogens (tertiary/aromatic N) is 1. The van der Waals surface area contributed by atoms with E-state index in [4.69, 9.17) is 11.0 Å². The van der Waals surface area contributed by atoms with E-state index in [2.05, 4.69) is 4.98 Å². The standard InChI is InChI=1S/C7H9NO/c1-5-4-8-6(2)3-7(5)9/h3-4H,1-2H3,(H,8,9)/i1D3,2D3,3D,4D. The van der Waals surface area contributed by atoms with Crippen molar-refractivity contribution < 1.29 is 16.1 Å². The van der Waals surface area contributed by atoms with E-state index in [0.29, 0.717) is 0 Å². The SMILES string of the molecule is [2H]c1nc(C([2H])([2H])[2H])c([2H])c(O)c1C([2H])([2H])[2H]. The molecule has 1 heterocycles. The predicted molar refractivity (Wildman–Crippen MR) is 35.4 cm³/mol. The molecule has 1 aromatic heterocycles. The number of hydrogen-bond donors (Lipinski definition) is 1. The summed E-state index contributed by atoms with van der Waals surface area (Å²) < 4.78 is 57.0. The van der Waals surface area contributed by atoms with Crippen LogP contribution in [0, 0.1) is 13.7 Å². The second kappa shape index (κ2) is 2.05. The van der Waals surface area contributed by atoms with Crippen molar-refractivity contribution in [3.63, 3.8) is 0 Å². The Kier molecular flexibility index (Phi) is 0.344. The van der Waals surface area contributed by atoms with Crippen LogP contribution in [0.3, 0.4) is 0 Å². The van der Waals surface area contributed by atoms with Crippen LogP contribution < -0.4 is 0 Å². The molecule has 0 unspecified atom stereocenters. The zero-order valence-electron chi connectivity index (χ0n) is 12.4. The van der Waals surface area contributed by atoms with Crippen molar-refractivity contribution in [1.29, 1.82) is 0 Å². The first-order valence-corrected chi connectivity index (χ1v) is 2.17. The second-order valence-electron chi connectivity index (χ2n) is 1.42. The van der Waals surface area contributed by atoms with Crippen molar-refractivity contribution in [2.24, 2.45) is 0 Å². The van der Waals surface area contributed by atoms with Gasteiger partial charge in [-0.05, 0) is 13.7 Å². The van der Waals surface area contributed by atoms with E-state index in [-0.39, 0.29) is 0 Å². The molecule has 0 amide bonds. The Morgan fingerprint density at radius 2 is 2.67 bits per heavy atom. The molecule has 9 heavy (non-hydrogen) atoms. The van der Waals surface area contributed by atoms with E-state index in [1.807, 2.05) is 0 Å². The maximum Gasteiger partial charge on any atom is 0.121 e. The van der Waals surface area contributed by atoms with Crippen LogP contribution in [0.25, 0.3) is 0 Å². The van der Waals surface area contributed by atoms with Crippen LogP contribution in [-0.2, 0) is 0 Å². The van der Waals surface area contributed by atoms with Crippen molar-refractivity contribution in [1.82, 2.24) is 4.98 Å². The van der Waals surface area contributed by atoms with Gasteiger partial charge in [-0.15, -0.1) is 0 Å². The molecule has 1 aromatic rings. The molecule has 0 saturated heterocycles. The van der Waals surface area contributed by atoms with E-state index < -0.39 is 42.9 Å². The number of rotatable bonds is 0. The molecule has 0 aromatic carbocycles. The molecule has 0 saturated carbocycles. The van der Waals surface area contributed by atoms with Gasteiger partial charge < -0.3 is 5.11 Å². The summed E-state index contributed by atoms with van der Waals surface area (Å²) in [5.74, 6) is -1.03. The Bertz CT molecular complexity index is 449. The summed E-state index contributed by atoms with van der Waals surface area (Å²) in [4.78, 5) is 3.27. The van der Waals surface area contributed by atoms with Gasteiger partial charge in [0, 0.05) is 31.7 Å². The molecule has 0 aliphatic carbocycles. The molecule has 0 aliphatic rings. The summed E-state index contributed by atoms with van der Waals surface area (Å²) in [6, 6.07) is -0.882. The Morgan fingerprint density at radius 3 is 3.33 bits per heavy atom. The highest BCUT2D eigenvalue weighted by Crippen LogP contribution is 2.13. The van der Waals surface area contributed by atoms with Crippen LogP contribution in [0.2, 0.25) is 0 Å². The maximum absolute atomic E-state index is 9.50. The lowest BCUT2D eigenvalue weighted by molar-refractivity contribution is 0.469. The van der Waals surface area contributed by atoms with Crippen molar-refractivity contribution in [2.45, 2.75) is 13.7 Å². The number of aromatic nitrogens is 1. The average Bonchev–Trinajstić information content (AvgIpc) is 2.07. The second-order valence-corrected chi connectivity index (χ2v) is 1.42. The zero-order valence-corrected chi connectivity index (χ0v) is 4.39. The normalized spacial score (nSPS) is 25.3. The van der Waals surface area contributed by atoms with Crippen LogP contribution in [0.4, 0.5) is 0 Å². The van der Waals surface area contributed by atoms with Crippen LogP contribution in [0.5, 0.6) is 5.75 Å². The highest BCUT2D eigenvalue weighted by molar-refractivity contribution is 5.29. The monoisotopic (exact) mass is 131 g/mol. The fraction of sp³-hybridized carbons (Fsp3) is 0.286. The predicted octanol–water partition coefficient (Wildman–Crippen LogP) is 1.40. The smallest absolute Gasteiger partial charge is 0.121 e. The molecule has 0 atom stereocenters. The van der Waals surface area contributed by atoms with E-state index >= 15 is 0 Å². The molecular weight excluding hydrogens is 114 g/mol. The van der Waals surface area contributed by atoms with Crippen molar-refractivity contribution >= 4 is 0 Å². The first-order chi connectivity index (χ1) is 7.46. The molecule has 0 fully saturated rings. The molecule has 1 N–H and O–H groups in total. The lowest BCUT2D eigenvalue weighted by Gasteiger charge is -1.96. The topological polar surface area (TPSA) is 33.1 Å². The minimum atomic E-state index is -2.82. The van der Waals surface area contributed by atoms with Gasteiger partial charge in [-0.3, -0.25) is 4.98 Å². The average molecular weight is 131 g/mol. The molecule has 0 spiro atoms. The maximum atomic E-state index is 9.50. The molecule has 48 valence electrons.